The molecule has 0 amide bonds. The van der Waals surface area contributed by atoms with Crippen LogP contribution in [0.4, 0.5) is 0 Å². The number of ether oxygens (including phenoxy) is 1. The first kappa shape index (κ1) is 11.7. The highest BCUT2D eigenvalue weighted by Crippen LogP contribution is 2.57. The van der Waals surface area contributed by atoms with Gasteiger partial charge in [-0.15, -0.1) is 0 Å². The van der Waals surface area contributed by atoms with E-state index in [2.05, 4.69) is 0 Å². The van der Waals surface area contributed by atoms with E-state index in [4.69, 9.17) is 10.5 Å². The first-order chi connectivity index (χ1) is 8.71. The smallest absolute Gasteiger partial charge is 0.0694 e. The van der Waals surface area contributed by atoms with Crippen LogP contribution in [0, 0.1) is 17.8 Å². The van der Waals surface area contributed by atoms with Gasteiger partial charge in [0.25, 0.3) is 0 Å². The van der Waals surface area contributed by atoms with Crippen molar-refractivity contribution in [3.05, 3.63) is 0 Å². The van der Waals surface area contributed by atoms with Gasteiger partial charge in [0.15, 0.2) is 0 Å². The molecule has 5 fully saturated rings. The van der Waals surface area contributed by atoms with Crippen LogP contribution in [0.2, 0.25) is 0 Å². The zero-order valence-electron chi connectivity index (χ0n) is 11.4. The van der Waals surface area contributed by atoms with E-state index in [-0.39, 0.29) is 0 Å². The minimum Gasteiger partial charge on any atom is -0.372 e. The van der Waals surface area contributed by atoms with Gasteiger partial charge in [-0.2, -0.15) is 0 Å². The lowest BCUT2D eigenvalue weighted by Gasteiger charge is -2.57. The summed E-state index contributed by atoms with van der Waals surface area (Å²) in [6.45, 7) is 0. The molecule has 0 radical (unpaired) electrons. The SMILES string of the molecule is NC1CCC(OC23CC4CC(CC(C4)C2)C3)CC1. The molecule has 18 heavy (non-hydrogen) atoms. The van der Waals surface area contributed by atoms with E-state index in [0.29, 0.717) is 17.7 Å². The molecule has 0 atom stereocenters. The van der Waals surface area contributed by atoms with E-state index in [9.17, 15) is 0 Å². The van der Waals surface area contributed by atoms with Crippen LogP contribution < -0.4 is 5.73 Å². The maximum atomic E-state index is 6.68. The lowest BCUT2D eigenvalue weighted by Crippen LogP contribution is -2.53. The molecule has 0 aromatic rings. The van der Waals surface area contributed by atoms with Gasteiger partial charge in [-0.05, 0) is 82.0 Å². The number of hydrogen-bond acceptors (Lipinski definition) is 2. The maximum absolute atomic E-state index is 6.68. The minimum absolute atomic E-state index is 0.306. The van der Waals surface area contributed by atoms with Gasteiger partial charge in [-0.3, -0.25) is 0 Å². The molecule has 0 aromatic carbocycles. The zero-order valence-corrected chi connectivity index (χ0v) is 11.4. The van der Waals surface area contributed by atoms with Crippen molar-refractivity contribution < 1.29 is 4.74 Å². The van der Waals surface area contributed by atoms with Crippen LogP contribution in [0.5, 0.6) is 0 Å². The summed E-state index contributed by atoms with van der Waals surface area (Å²) in [5, 5.41) is 0. The minimum atomic E-state index is 0.306. The molecule has 0 aromatic heterocycles. The van der Waals surface area contributed by atoms with E-state index >= 15 is 0 Å². The molecule has 5 saturated carbocycles. The van der Waals surface area contributed by atoms with E-state index in [0.717, 1.165) is 17.8 Å². The number of nitrogens with two attached hydrogens (primary N) is 1. The number of rotatable bonds is 2. The Morgan fingerprint density at radius 1 is 0.778 bits per heavy atom. The van der Waals surface area contributed by atoms with Gasteiger partial charge in [0.05, 0.1) is 11.7 Å². The van der Waals surface area contributed by atoms with Crippen molar-refractivity contribution in [1.82, 2.24) is 0 Å². The Labute approximate surface area is 111 Å². The Balaban J connectivity index is 1.44. The van der Waals surface area contributed by atoms with Gasteiger partial charge in [-0.1, -0.05) is 0 Å². The molecule has 4 bridgehead atoms. The molecule has 2 heteroatoms. The van der Waals surface area contributed by atoms with Crippen LogP contribution in [0.25, 0.3) is 0 Å². The molecular formula is C16H27NO. The molecule has 0 saturated heterocycles. The molecule has 5 rings (SSSR count). The van der Waals surface area contributed by atoms with E-state index in [1.54, 1.807) is 0 Å². The summed E-state index contributed by atoms with van der Waals surface area (Å²) in [5.41, 5.74) is 6.31. The van der Waals surface area contributed by atoms with Gasteiger partial charge in [0, 0.05) is 6.04 Å². The third-order valence-electron chi connectivity index (χ3n) is 6.12. The van der Waals surface area contributed by atoms with Crippen molar-refractivity contribution in [1.29, 1.82) is 0 Å². The topological polar surface area (TPSA) is 35.2 Å². The van der Waals surface area contributed by atoms with Gasteiger partial charge in [0.1, 0.15) is 0 Å². The van der Waals surface area contributed by atoms with E-state index < -0.39 is 0 Å². The predicted octanol–water partition coefficient (Wildman–Crippen LogP) is 3.24. The van der Waals surface area contributed by atoms with Crippen LogP contribution in [-0.2, 0) is 4.74 Å². The van der Waals surface area contributed by atoms with E-state index in [1.165, 1.54) is 64.2 Å². The average molecular weight is 249 g/mol. The van der Waals surface area contributed by atoms with E-state index in [1.807, 2.05) is 0 Å². The summed E-state index contributed by atoms with van der Waals surface area (Å²) < 4.78 is 6.68. The van der Waals surface area contributed by atoms with Gasteiger partial charge < -0.3 is 10.5 Å². The second kappa shape index (κ2) is 4.21. The number of hydrogen-bond donors (Lipinski definition) is 1. The third kappa shape index (κ3) is 2.02. The third-order valence-corrected chi connectivity index (χ3v) is 6.12. The van der Waals surface area contributed by atoms with Gasteiger partial charge >= 0.3 is 0 Å². The maximum Gasteiger partial charge on any atom is 0.0694 e. The second-order valence-corrected chi connectivity index (χ2v) is 7.76. The van der Waals surface area contributed by atoms with Gasteiger partial charge in [-0.25, -0.2) is 0 Å². The molecule has 0 unspecified atom stereocenters. The zero-order chi connectivity index (χ0) is 12.2. The molecule has 0 aliphatic heterocycles. The fourth-order valence-electron chi connectivity index (χ4n) is 5.74. The lowest BCUT2D eigenvalue weighted by molar-refractivity contribution is -0.193. The molecular weight excluding hydrogens is 222 g/mol. The summed E-state index contributed by atoms with van der Waals surface area (Å²) in [7, 11) is 0. The standard InChI is InChI=1S/C16H27NO/c17-14-1-3-15(4-2-14)18-16-8-11-5-12(9-16)7-13(6-11)10-16/h11-15H,1-10,17H2. The first-order valence-electron chi connectivity index (χ1n) is 8.14. The predicted molar refractivity (Wildman–Crippen MR) is 72.2 cm³/mol. The molecule has 0 spiro atoms. The van der Waals surface area contributed by atoms with Crippen molar-refractivity contribution in [2.75, 3.05) is 0 Å². The highest BCUT2D eigenvalue weighted by Gasteiger charge is 2.52. The largest absolute Gasteiger partial charge is 0.372 e. The van der Waals surface area contributed by atoms with Crippen molar-refractivity contribution in [2.24, 2.45) is 23.5 Å². The molecule has 102 valence electrons. The first-order valence-corrected chi connectivity index (χ1v) is 8.14. The summed E-state index contributed by atoms with van der Waals surface area (Å²) in [6, 6.07) is 0.446. The quantitative estimate of drug-likeness (QED) is 0.815. The van der Waals surface area contributed by atoms with Crippen molar-refractivity contribution in [3.8, 4) is 0 Å². The Morgan fingerprint density at radius 2 is 1.28 bits per heavy atom. The molecule has 0 heterocycles. The molecule has 2 nitrogen and oxygen atoms in total. The van der Waals surface area contributed by atoms with Crippen molar-refractivity contribution in [2.45, 2.75) is 82.0 Å². The summed E-state index contributed by atoms with van der Waals surface area (Å²) >= 11 is 0. The van der Waals surface area contributed by atoms with Crippen LogP contribution in [-0.4, -0.2) is 17.7 Å². The Hall–Kier alpha value is -0.0800. The highest BCUT2D eigenvalue weighted by atomic mass is 16.5. The molecule has 5 aliphatic carbocycles. The Bertz CT molecular complexity index is 284. The highest BCUT2D eigenvalue weighted by molar-refractivity contribution is 5.03. The monoisotopic (exact) mass is 249 g/mol. The lowest BCUT2D eigenvalue weighted by atomic mass is 9.54. The summed E-state index contributed by atoms with van der Waals surface area (Å²) in [5.74, 6) is 3.01. The van der Waals surface area contributed by atoms with Crippen LogP contribution in [0.3, 0.4) is 0 Å². The van der Waals surface area contributed by atoms with Gasteiger partial charge in [0.2, 0.25) is 0 Å². The second-order valence-electron chi connectivity index (χ2n) is 7.76. The normalized spacial score (nSPS) is 54.8. The van der Waals surface area contributed by atoms with Crippen LogP contribution in [0.1, 0.15) is 64.2 Å². The van der Waals surface area contributed by atoms with Crippen LogP contribution >= 0.6 is 0 Å². The molecule has 5 aliphatic rings. The fraction of sp³-hybridized carbons (Fsp3) is 1.00. The van der Waals surface area contributed by atoms with Crippen LogP contribution in [0.15, 0.2) is 0 Å². The Kier molecular flexibility index (Phi) is 2.74. The summed E-state index contributed by atoms with van der Waals surface area (Å²) in [6.07, 6.45) is 14.0. The Morgan fingerprint density at radius 3 is 1.78 bits per heavy atom. The van der Waals surface area contributed by atoms with Crippen molar-refractivity contribution >= 4 is 0 Å². The summed E-state index contributed by atoms with van der Waals surface area (Å²) in [4.78, 5) is 0. The molecule has 2 N–H and O–H groups in total. The fourth-order valence-corrected chi connectivity index (χ4v) is 5.74. The average Bonchev–Trinajstić information content (AvgIpc) is 2.30. The van der Waals surface area contributed by atoms with Crippen molar-refractivity contribution in [3.63, 3.8) is 0 Å².